The van der Waals surface area contributed by atoms with Gasteiger partial charge in [0.25, 0.3) is 10.2 Å². The van der Waals surface area contributed by atoms with Gasteiger partial charge in [-0.3, -0.25) is 4.90 Å². The first-order valence-electron chi connectivity index (χ1n) is 8.67. The summed E-state index contributed by atoms with van der Waals surface area (Å²) in [4.78, 5) is 6.71. The second-order valence-corrected chi connectivity index (χ2v) is 9.44. The summed E-state index contributed by atoms with van der Waals surface area (Å²) >= 11 is 0. The third-order valence-corrected chi connectivity index (χ3v) is 6.80. The Hall–Kier alpha value is -0.740. The number of nitrogens with one attached hydrogen (secondary N) is 1. The third-order valence-electron chi connectivity index (χ3n) is 5.23. The van der Waals surface area contributed by atoms with Gasteiger partial charge in [-0.15, -0.1) is 12.4 Å². The summed E-state index contributed by atoms with van der Waals surface area (Å²) in [5.41, 5.74) is 0. The van der Waals surface area contributed by atoms with Crippen LogP contribution in [0.3, 0.4) is 0 Å². The Morgan fingerprint density at radius 1 is 1.24 bits per heavy atom. The van der Waals surface area contributed by atoms with Crippen LogP contribution in [-0.4, -0.2) is 61.0 Å². The van der Waals surface area contributed by atoms with Crippen LogP contribution in [0, 0.1) is 11.8 Å². The van der Waals surface area contributed by atoms with Gasteiger partial charge in [-0.2, -0.15) is 22.4 Å². The second kappa shape index (κ2) is 7.11. The molecule has 142 valence electrons. The van der Waals surface area contributed by atoms with Crippen molar-refractivity contribution in [1.82, 2.24) is 24.1 Å². The highest BCUT2D eigenvalue weighted by atomic mass is 35.5. The first-order chi connectivity index (χ1) is 11.4. The highest BCUT2D eigenvalue weighted by Gasteiger charge is 2.44. The van der Waals surface area contributed by atoms with E-state index in [-0.39, 0.29) is 18.4 Å². The third kappa shape index (κ3) is 4.33. The number of nitrogens with zero attached hydrogens (tertiary/aromatic N) is 4. The van der Waals surface area contributed by atoms with Gasteiger partial charge in [0.2, 0.25) is 5.89 Å². The Kier molecular flexibility index (Phi) is 5.41. The summed E-state index contributed by atoms with van der Waals surface area (Å²) < 4.78 is 33.8. The number of likely N-dealkylation sites (tertiary alicyclic amines) is 1. The van der Waals surface area contributed by atoms with Crippen LogP contribution < -0.4 is 4.72 Å². The minimum atomic E-state index is -3.41. The standard InChI is InChI=1S/C15H25N5O3S.ClH/c1-19(2)24(21,22)18-13-8-20(7-12(13)10-3-4-10)9-14-16-15(17-23-14)11-5-6-11;/h10-13,18H,3-9H2,1-2H3;1H/t12-,13+;/m1./s1. The van der Waals surface area contributed by atoms with Crippen molar-refractivity contribution in [2.75, 3.05) is 27.2 Å². The topological polar surface area (TPSA) is 91.6 Å². The smallest absolute Gasteiger partial charge is 0.279 e. The van der Waals surface area contributed by atoms with Crippen LogP contribution in [0.2, 0.25) is 0 Å². The molecule has 1 aliphatic heterocycles. The summed E-state index contributed by atoms with van der Waals surface area (Å²) in [5, 5.41) is 4.06. The van der Waals surface area contributed by atoms with Crippen molar-refractivity contribution in [3.8, 4) is 0 Å². The molecule has 0 amide bonds. The lowest BCUT2D eigenvalue weighted by Crippen LogP contribution is -2.46. The number of hydrogen-bond donors (Lipinski definition) is 1. The van der Waals surface area contributed by atoms with Crippen molar-refractivity contribution in [3.05, 3.63) is 11.7 Å². The molecule has 1 saturated heterocycles. The lowest BCUT2D eigenvalue weighted by Gasteiger charge is -2.21. The lowest BCUT2D eigenvalue weighted by atomic mass is 9.99. The average Bonchev–Trinajstić information content (AvgIpc) is 3.44. The van der Waals surface area contributed by atoms with E-state index in [4.69, 9.17) is 4.52 Å². The molecule has 1 aromatic rings. The van der Waals surface area contributed by atoms with Crippen LogP contribution in [0.25, 0.3) is 0 Å². The van der Waals surface area contributed by atoms with Crippen LogP contribution >= 0.6 is 12.4 Å². The second-order valence-electron chi connectivity index (χ2n) is 7.53. The van der Waals surface area contributed by atoms with Crippen LogP contribution in [0.15, 0.2) is 4.52 Å². The molecule has 0 unspecified atom stereocenters. The van der Waals surface area contributed by atoms with Gasteiger partial charge in [-0.1, -0.05) is 5.16 Å². The zero-order valence-corrected chi connectivity index (χ0v) is 16.2. The predicted molar refractivity (Wildman–Crippen MR) is 94.5 cm³/mol. The van der Waals surface area contributed by atoms with E-state index >= 15 is 0 Å². The molecule has 2 saturated carbocycles. The van der Waals surface area contributed by atoms with Gasteiger partial charge in [-0.05, 0) is 37.5 Å². The van der Waals surface area contributed by atoms with Crippen LogP contribution in [0.4, 0.5) is 0 Å². The van der Waals surface area contributed by atoms with Gasteiger partial charge in [0, 0.05) is 39.1 Å². The highest BCUT2D eigenvalue weighted by Crippen LogP contribution is 2.42. The normalized spacial score (nSPS) is 27.6. The van der Waals surface area contributed by atoms with Gasteiger partial charge in [0.15, 0.2) is 5.82 Å². The van der Waals surface area contributed by atoms with Gasteiger partial charge in [-0.25, -0.2) is 0 Å². The molecule has 3 fully saturated rings. The Morgan fingerprint density at radius 3 is 2.56 bits per heavy atom. The van der Waals surface area contributed by atoms with Gasteiger partial charge < -0.3 is 4.52 Å². The fourth-order valence-corrected chi connectivity index (χ4v) is 4.34. The monoisotopic (exact) mass is 391 g/mol. The van der Waals surface area contributed by atoms with E-state index in [2.05, 4.69) is 19.8 Å². The average molecular weight is 392 g/mol. The van der Waals surface area contributed by atoms with Gasteiger partial charge in [0.05, 0.1) is 6.54 Å². The fraction of sp³-hybridized carbons (Fsp3) is 0.867. The van der Waals surface area contributed by atoms with Crippen molar-refractivity contribution >= 4 is 22.6 Å². The lowest BCUT2D eigenvalue weighted by molar-refractivity contribution is 0.256. The largest absolute Gasteiger partial charge is 0.338 e. The van der Waals surface area contributed by atoms with Crippen LogP contribution in [0.1, 0.15) is 43.3 Å². The zero-order valence-electron chi connectivity index (χ0n) is 14.6. The quantitative estimate of drug-likeness (QED) is 0.744. The van der Waals surface area contributed by atoms with E-state index in [0.29, 0.717) is 36.7 Å². The van der Waals surface area contributed by atoms with Crippen molar-refractivity contribution in [2.24, 2.45) is 11.8 Å². The van der Waals surface area contributed by atoms with Gasteiger partial charge >= 0.3 is 0 Å². The molecule has 2 atom stereocenters. The van der Waals surface area contributed by atoms with Crippen LogP contribution in [0.5, 0.6) is 0 Å². The van der Waals surface area contributed by atoms with Crippen molar-refractivity contribution in [3.63, 3.8) is 0 Å². The highest BCUT2D eigenvalue weighted by molar-refractivity contribution is 7.87. The van der Waals surface area contributed by atoms with Crippen LogP contribution in [-0.2, 0) is 16.8 Å². The zero-order chi connectivity index (χ0) is 16.9. The Balaban J connectivity index is 0.00000182. The minimum absolute atomic E-state index is 0. The maximum Gasteiger partial charge on any atom is 0.279 e. The summed E-state index contributed by atoms with van der Waals surface area (Å²) in [6.07, 6.45) is 4.71. The Morgan fingerprint density at radius 2 is 1.96 bits per heavy atom. The molecule has 0 bridgehead atoms. The SMILES string of the molecule is CN(C)S(=O)(=O)N[C@H]1CN(Cc2nc(C3CC3)no2)C[C@@H]1C1CC1.Cl. The van der Waals surface area contributed by atoms with E-state index in [0.717, 1.165) is 25.2 Å². The molecule has 3 aliphatic rings. The summed E-state index contributed by atoms with van der Waals surface area (Å²) in [5.74, 6) is 2.95. The Labute approximate surface area is 154 Å². The summed E-state index contributed by atoms with van der Waals surface area (Å²) in [6, 6.07) is -0.0456. The molecule has 10 heteroatoms. The molecule has 1 aromatic heterocycles. The summed E-state index contributed by atoms with van der Waals surface area (Å²) in [7, 11) is -0.301. The maximum absolute atomic E-state index is 12.2. The van der Waals surface area contributed by atoms with Crippen molar-refractivity contribution in [1.29, 1.82) is 0 Å². The molecule has 4 rings (SSSR count). The van der Waals surface area contributed by atoms with Crippen molar-refractivity contribution in [2.45, 2.75) is 44.2 Å². The molecular formula is C15H26ClN5O3S. The molecule has 8 nitrogen and oxygen atoms in total. The van der Waals surface area contributed by atoms with E-state index in [1.54, 1.807) is 14.1 Å². The fourth-order valence-electron chi connectivity index (χ4n) is 3.50. The number of aromatic nitrogens is 2. The van der Waals surface area contributed by atoms with E-state index < -0.39 is 10.2 Å². The van der Waals surface area contributed by atoms with E-state index in [1.807, 2.05) is 0 Å². The molecular weight excluding hydrogens is 366 g/mol. The Bertz CT molecular complexity index is 702. The molecule has 0 radical (unpaired) electrons. The van der Waals surface area contributed by atoms with E-state index in [1.165, 1.54) is 17.1 Å². The first-order valence-corrected chi connectivity index (χ1v) is 10.1. The molecule has 2 aliphatic carbocycles. The number of halogens is 1. The van der Waals surface area contributed by atoms with E-state index in [9.17, 15) is 8.42 Å². The minimum Gasteiger partial charge on any atom is -0.338 e. The van der Waals surface area contributed by atoms with Gasteiger partial charge in [0.1, 0.15) is 0 Å². The molecule has 2 heterocycles. The molecule has 1 N–H and O–H groups in total. The predicted octanol–water partition coefficient (Wildman–Crippen LogP) is 0.975. The first kappa shape index (κ1) is 19.0. The van der Waals surface area contributed by atoms with Crippen molar-refractivity contribution < 1.29 is 12.9 Å². The number of rotatable bonds is 7. The molecule has 25 heavy (non-hydrogen) atoms. The number of hydrogen-bond acceptors (Lipinski definition) is 6. The molecule has 0 spiro atoms. The molecule has 0 aromatic carbocycles. The maximum atomic E-state index is 12.2. The summed E-state index contributed by atoms with van der Waals surface area (Å²) in [6.45, 7) is 2.17.